The van der Waals surface area contributed by atoms with Crippen LogP contribution in [0.4, 0.5) is 5.82 Å². The van der Waals surface area contributed by atoms with Crippen molar-refractivity contribution in [1.82, 2.24) is 15.3 Å². The molecule has 1 aromatic rings. The zero-order valence-corrected chi connectivity index (χ0v) is 9.27. The van der Waals surface area contributed by atoms with Crippen molar-refractivity contribution >= 4 is 30.6 Å². The summed E-state index contributed by atoms with van der Waals surface area (Å²) in [6.07, 6.45) is 6.29. The summed E-state index contributed by atoms with van der Waals surface area (Å²) in [4.78, 5) is 8.12. The van der Waals surface area contributed by atoms with Crippen molar-refractivity contribution in [2.24, 2.45) is 0 Å². The molecule has 0 saturated carbocycles. The molecule has 2 N–H and O–H groups in total. The van der Waals surface area contributed by atoms with Gasteiger partial charge in [0.2, 0.25) is 0 Å². The van der Waals surface area contributed by atoms with Crippen LogP contribution in [0.3, 0.4) is 0 Å². The zero-order valence-electron chi connectivity index (χ0n) is 7.64. The van der Waals surface area contributed by atoms with Crippen LogP contribution in [-0.2, 0) is 0 Å². The quantitative estimate of drug-likeness (QED) is 0.808. The van der Waals surface area contributed by atoms with Crippen molar-refractivity contribution < 1.29 is 0 Å². The fraction of sp³-hybridized carbons (Fsp3) is 0.500. The van der Waals surface area contributed by atoms with Gasteiger partial charge < -0.3 is 10.6 Å². The van der Waals surface area contributed by atoms with Crippen LogP contribution in [-0.4, -0.2) is 29.1 Å². The maximum Gasteiger partial charge on any atom is 0.144 e. The number of halogens is 2. The van der Waals surface area contributed by atoms with Gasteiger partial charge in [0, 0.05) is 25.0 Å². The second-order valence-electron chi connectivity index (χ2n) is 2.92. The Morgan fingerprint density at radius 1 is 1.36 bits per heavy atom. The van der Waals surface area contributed by atoms with Gasteiger partial charge in [-0.05, 0) is 13.0 Å². The molecule has 0 spiro atoms. The minimum absolute atomic E-state index is 0. The van der Waals surface area contributed by atoms with E-state index in [0.29, 0.717) is 6.04 Å². The molecule has 1 atom stereocenters. The average Bonchev–Trinajstić information content (AvgIpc) is 2.59. The Balaban J connectivity index is 0.000000845. The van der Waals surface area contributed by atoms with Crippen LogP contribution in [0.5, 0.6) is 0 Å². The Kier molecular flexibility index (Phi) is 6.53. The topological polar surface area (TPSA) is 49.8 Å². The first-order valence-electron chi connectivity index (χ1n) is 4.18. The molecule has 1 fully saturated rings. The minimum Gasteiger partial charge on any atom is -0.365 e. The maximum absolute atomic E-state index is 4.14. The van der Waals surface area contributed by atoms with E-state index in [9.17, 15) is 0 Å². The van der Waals surface area contributed by atoms with Gasteiger partial charge >= 0.3 is 0 Å². The van der Waals surface area contributed by atoms with Gasteiger partial charge in [-0.25, -0.2) is 4.98 Å². The third-order valence-corrected chi connectivity index (χ3v) is 1.98. The molecule has 0 amide bonds. The number of nitrogens with zero attached hydrogens (tertiary/aromatic N) is 2. The Hall–Kier alpha value is -0.580. The summed E-state index contributed by atoms with van der Waals surface area (Å²) in [5, 5.41) is 6.59. The van der Waals surface area contributed by atoms with Gasteiger partial charge in [0.05, 0.1) is 6.20 Å². The summed E-state index contributed by atoms with van der Waals surface area (Å²) in [7, 11) is 0. The summed E-state index contributed by atoms with van der Waals surface area (Å²) in [6, 6.07) is 0.515. The number of anilines is 1. The largest absolute Gasteiger partial charge is 0.365 e. The fourth-order valence-electron chi connectivity index (χ4n) is 1.36. The second-order valence-corrected chi connectivity index (χ2v) is 2.92. The van der Waals surface area contributed by atoms with Crippen molar-refractivity contribution in [3.63, 3.8) is 0 Å². The van der Waals surface area contributed by atoms with Crippen LogP contribution >= 0.6 is 24.8 Å². The summed E-state index contributed by atoms with van der Waals surface area (Å²) in [5.41, 5.74) is 0. The van der Waals surface area contributed by atoms with Crippen molar-refractivity contribution in [3.8, 4) is 0 Å². The highest BCUT2D eigenvalue weighted by molar-refractivity contribution is 5.85. The lowest BCUT2D eigenvalue weighted by Gasteiger charge is -2.10. The molecule has 80 valence electrons. The predicted octanol–water partition coefficient (Wildman–Crippen LogP) is 1.09. The molecule has 14 heavy (non-hydrogen) atoms. The van der Waals surface area contributed by atoms with Gasteiger partial charge in [-0.3, -0.25) is 4.98 Å². The van der Waals surface area contributed by atoms with Crippen molar-refractivity contribution in [1.29, 1.82) is 0 Å². The lowest BCUT2D eigenvalue weighted by atomic mass is 10.3. The highest BCUT2D eigenvalue weighted by Crippen LogP contribution is 2.05. The van der Waals surface area contributed by atoms with Gasteiger partial charge in [0.1, 0.15) is 5.82 Å². The lowest BCUT2D eigenvalue weighted by molar-refractivity contribution is 0.786. The predicted molar refractivity (Wildman–Crippen MR) is 61.4 cm³/mol. The SMILES string of the molecule is Cl.Cl.c1cnc(NC2CCNC2)cn1. The third-order valence-electron chi connectivity index (χ3n) is 1.98. The van der Waals surface area contributed by atoms with Crippen molar-refractivity contribution in [3.05, 3.63) is 18.6 Å². The Morgan fingerprint density at radius 3 is 2.79 bits per heavy atom. The van der Waals surface area contributed by atoms with Crippen LogP contribution < -0.4 is 10.6 Å². The lowest BCUT2D eigenvalue weighted by Crippen LogP contribution is -2.22. The molecular formula is C8H14Cl2N4. The molecule has 0 radical (unpaired) electrons. The second kappa shape index (κ2) is 6.81. The number of rotatable bonds is 2. The Morgan fingerprint density at radius 2 is 2.21 bits per heavy atom. The fourth-order valence-corrected chi connectivity index (χ4v) is 1.36. The molecule has 0 bridgehead atoms. The molecule has 2 heterocycles. The van der Waals surface area contributed by atoms with E-state index in [-0.39, 0.29) is 24.8 Å². The Bertz CT molecular complexity index is 238. The summed E-state index contributed by atoms with van der Waals surface area (Å²) in [6.45, 7) is 2.12. The first-order valence-corrected chi connectivity index (χ1v) is 4.18. The zero-order chi connectivity index (χ0) is 8.23. The molecule has 1 saturated heterocycles. The highest BCUT2D eigenvalue weighted by atomic mass is 35.5. The van der Waals surface area contributed by atoms with Gasteiger partial charge in [-0.15, -0.1) is 24.8 Å². The maximum atomic E-state index is 4.14. The molecule has 6 heteroatoms. The van der Waals surface area contributed by atoms with Gasteiger partial charge in [-0.1, -0.05) is 0 Å². The highest BCUT2D eigenvalue weighted by Gasteiger charge is 2.13. The average molecular weight is 237 g/mol. The first-order chi connectivity index (χ1) is 5.95. The van der Waals surface area contributed by atoms with Crippen LogP contribution in [0, 0.1) is 0 Å². The minimum atomic E-state index is 0. The number of nitrogens with one attached hydrogen (secondary N) is 2. The van der Waals surface area contributed by atoms with E-state index in [2.05, 4.69) is 20.6 Å². The smallest absolute Gasteiger partial charge is 0.144 e. The van der Waals surface area contributed by atoms with E-state index < -0.39 is 0 Å². The number of hydrogen-bond donors (Lipinski definition) is 2. The number of aromatic nitrogens is 2. The van der Waals surface area contributed by atoms with E-state index in [0.717, 1.165) is 25.3 Å². The molecule has 1 unspecified atom stereocenters. The van der Waals surface area contributed by atoms with E-state index in [1.165, 1.54) is 0 Å². The third kappa shape index (κ3) is 3.65. The standard InChI is InChI=1S/C8H12N4.2ClH/c1-2-9-5-7(1)12-8-6-10-3-4-11-8;;/h3-4,6-7,9H,1-2,5H2,(H,11,12);2*1H. The summed E-state index contributed by atoms with van der Waals surface area (Å²) >= 11 is 0. The van der Waals surface area contributed by atoms with E-state index in [1.807, 2.05) is 0 Å². The van der Waals surface area contributed by atoms with Crippen LogP contribution in [0.15, 0.2) is 18.6 Å². The molecule has 2 rings (SSSR count). The van der Waals surface area contributed by atoms with Gasteiger partial charge in [0.15, 0.2) is 0 Å². The summed E-state index contributed by atoms with van der Waals surface area (Å²) in [5.74, 6) is 0.867. The molecule has 0 aromatic carbocycles. The van der Waals surface area contributed by atoms with Crippen molar-refractivity contribution in [2.45, 2.75) is 12.5 Å². The molecule has 1 aliphatic heterocycles. The molecule has 1 aliphatic rings. The van der Waals surface area contributed by atoms with E-state index in [1.54, 1.807) is 18.6 Å². The number of hydrogen-bond acceptors (Lipinski definition) is 4. The summed E-state index contributed by atoms with van der Waals surface area (Å²) < 4.78 is 0. The van der Waals surface area contributed by atoms with Crippen LogP contribution in [0.1, 0.15) is 6.42 Å². The van der Waals surface area contributed by atoms with Crippen LogP contribution in [0.25, 0.3) is 0 Å². The van der Waals surface area contributed by atoms with Crippen molar-refractivity contribution in [2.75, 3.05) is 18.4 Å². The van der Waals surface area contributed by atoms with E-state index >= 15 is 0 Å². The van der Waals surface area contributed by atoms with E-state index in [4.69, 9.17) is 0 Å². The van der Waals surface area contributed by atoms with Gasteiger partial charge in [-0.2, -0.15) is 0 Å². The normalized spacial score (nSPS) is 19.3. The monoisotopic (exact) mass is 236 g/mol. The molecule has 0 aliphatic carbocycles. The first kappa shape index (κ1) is 13.4. The Labute approximate surface area is 95.7 Å². The van der Waals surface area contributed by atoms with Gasteiger partial charge in [0.25, 0.3) is 0 Å². The molecular weight excluding hydrogens is 223 g/mol. The molecule has 4 nitrogen and oxygen atoms in total. The molecule has 1 aromatic heterocycles. The van der Waals surface area contributed by atoms with Crippen LogP contribution in [0.2, 0.25) is 0 Å².